The first-order valence-corrected chi connectivity index (χ1v) is 8.41. The fraction of sp³-hybridized carbons (Fsp3) is 0.444. The lowest BCUT2D eigenvalue weighted by Crippen LogP contribution is -2.42. The quantitative estimate of drug-likeness (QED) is 0.890. The topological polar surface area (TPSA) is 92.0 Å². The minimum Gasteiger partial charge on any atom is -0.481 e. The van der Waals surface area contributed by atoms with Crippen molar-refractivity contribution in [1.29, 1.82) is 0 Å². The maximum absolute atomic E-state index is 12.7. The Morgan fingerprint density at radius 1 is 1.32 bits per heavy atom. The summed E-state index contributed by atoms with van der Waals surface area (Å²) in [5, 5.41) is 9.15. The number of nitrogens with zero attached hydrogens (tertiary/aromatic N) is 3. The van der Waals surface area contributed by atoms with Gasteiger partial charge in [-0.1, -0.05) is 0 Å². The number of fused-ring (bicyclic) bond motifs is 1. The lowest BCUT2D eigenvalue weighted by molar-refractivity contribution is -0.139. The number of carbonyl (C=O) groups is 2. The predicted molar refractivity (Wildman–Crippen MR) is 89.5 cm³/mol. The normalized spacial score (nSPS) is 21.5. The lowest BCUT2D eigenvalue weighted by atomic mass is 9.90. The summed E-state index contributed by atoms with van der Waals surface area (Å²) in [6.45, 7) is 2.88. The van der Waals surface area contributed by atoms with Crippen molar-refractivity contribution in [2.24, 2.45) is 11.3 Å². The van der Waals surface area contributed by atoms with Crippen LogP contribution in [0.25, 0.3) is 5.65 Å². The molecule has 2 fully saturated rings. The van der Waals surface area contributed by atoms with Gasteiger partial charge in [-0.05, 0) is 49.3 Å². The summed E-state index contributed by atoms with van der Waals surface area (Å²) < 4.78 is 1.38. The van der Waals surface area contributed by atoms with Gasteiger partial charge in [-0.25, -0.2) is 4.98 Å². The molecule has 2 aromatic heterocycles. The second-order valence-electron chi connectivity index (χ2n) is 7.16. The highest BCUT2D eigenvalue weighted by Gasteiger charge is 2.59. The van der Waals surface area contributed by atoms with Crippen LogP contribution in [0.3, 0.4) is 0 Å². The first kappa shape index (κ1) is 15.8. The van der Waals surface area contributed by atoms with Crippen LogP contribution in [0.5, 0.6) is 0 Å². The second-order valence-corrected chi connectivity index (χ2v) is 7.16. The largest absolute Gasteiger partial charge is 0.481 e. The van der Waals surface area contributed by atoms with Crippen LogP contribution in [0.1, 0.15) is 35.2 Å². The second kappa shape index (κ2) is 5.40. The third kappa shape index (κ3) is 2.50. The van der Waals surface area contributed by atoms with Gasteiger partial charge in [-0.2, -0.15) is 0 Å². The van der Waals surface area contributed by atoms with E-state index in [1.165, 1.54) is 10.6 Å². The Hall–Kier alpha value is -2.70. The van der Waals surface area contributed by atoms with Gasteiger partial charge in [0.05, 0.1) is 5.92 Å². The van der Waals surface area contributed by atoms with Crippen molar-refractivity contribution in [3.63, 3.8) is 0 Å². The summed E-state index contributed by atoms with van der Waals surface area (Å²) in [6.07, 6.45) is 5.03. The average molecular weight is 341 g/mol. The summed E-state index contributed by atoms with van der Waals surface area (Å²) in [6, 6.07) is 3.59. The highest BCUT2D eigenvalue weighted by Crippen LogP contribution is 2.59. The van der Waals surface area contributed by atoms with Gasteiger partial charge in [-0.3, -0.25) is 18.8 Å². The van der Waals surface area contributed by atoms with Crippen LogP contribution in [0.2, 0.25) is 0 Å². The number of aryl methyl sites for hydroxylation is 1. The van der Waals surface area contributed by atoms with Crippen molar-refractivity contribution in [2.75, 3.05) is 13.1 Å². The highest BCUT2D eigenvalue weighted by molar-refractivity contribution is 5.94. The first-order chi connectivity index (χ1) is 11.9. The molecule has 1 unspecified atom stereocenters. The molecule has 25 heavy (non-hydrogen) atoms. The average Bonchev–Trinajstić information content (AvgIpc) is 3.29. The Morgan fingerprint density at radius 3 is 2.68 bits per heavy atom. The zero-order chi connectivity index (χ0) is 17.8. The molecule has 1 atom stereocenters. The number of hydrogen-bond donors (Lipinski definition) is 1. The van der Waals surface area contributed by atoms with Crippen molar-refractivity contribution >= 4 is 17.5 Å². The molecule has 1 N–H and O–H groups in total. The van der Waals surface area contributed by atoms with Gasteiger partial charge < -0.3 is 10.0 Å². The molecule has 1 aliphatic carbocycles. The molecule has 130 valence electrons. The molecule has 4 rings (SSSR count). The summed E-state index contributed by atoms with van der Waals surface area (Å²) in [7, 11) is 0. The maximum atomic E-state index is 12.7. The van der Waals surface area contributed by atoms with Crippen molar-refractivity contribution in [2.45, 2.75) is 26.2 Å². The van der Waals surface area contributed by atoms with Gasteiger partial charge in [0, 0.05) is 25.5 Å². The number of pyridine rings is 1. The number of amides is 1. The number of carbonyl (C=O) groups excluding carboxylic acids is 1. The number of aromatic nitrogens is 2. The van der Waals surface area contributed by atoms with Gasteiger partial charge in [0.1, 0.15) is 11.2 Å². The van der Waals surface area contributed by atoms with Crippen LogP contribution in [0.4, 0.5) is 0 Å². The van der Waals surface area contributed by atoms with Gasteiger partial charge >= 0.3 is 5.97 Å². The Labute approximate surface area is 143 Å². The molecule has 0 radical (unpaired) electrons. The number of hydrogen-bond acceptors (Lipinski definition) is 4. The summed E-state index contributed by atoms with van der Waals surface area (Å²) >= 11 is 0. The van der Waals surface area contributed by atoms with E-state index in [1.54, 1.807) is 23.2 Å². The number of piperidine rings is 1. The molecule has 1 aliphatic heterocycles. The van der Waals surface area contributed by atoms with Crippen molar-refractivity contribution in [3.8, 4) is 0 Å². The Balaban J connectivity index is 1.55. The SMILES string of the molecule is Cc1ccn2c(=O)c(C(=O)N3CCC4(CC3)CC4C(=O)O)cnc2c1. The van der Waals surface area contributed by atoms with Crippen LogP contribution in [0.15, 0.2) is 29.3 Å². The first-order valence-electron chi connectivity index (χ1n) is 8.41. The van der Waals surface area contributed by atoms with Crippen LogP contribution in [0, 0.1) is 18.3 Å². The molecule has 0 aromatic carbocycles. The van der Waals surface area contributed by atoms with E-state index < -0.39 is 5.97 Å². The number of carboxylic acids is 1. The van der Waals surface area contributed by atoms with Gasteiger partial charge in [-0.15, -0.1) is 0 Å². The molecular weight excluding hydrogens is 322 g/mol. The van der Waals surface area contributed by atoms with E-state index in [0.29, 0.717) is 38.0 Å². The fourth-order valence-electron chi connectivity index (χ4n) is 3.90. The highest BCUT2D eigenvalue weighted by atomic mass is 16.4. The molecule has 0 bridgehead atoms. The van der Waals surface area contributed by atoms with E-state index in [4.69, 9.17) is 5.11 Å². The van der Waals surface area contributed by atoms with Gasteiger partial charge in [0.25, 0.3) is 11.5 Å². The smallest absolute Gasteiger partial charge is 0.307 e. The Kier molecular flexibility index (Phi) is 3.42. The fourth-order valence-corrected chi connectivity index (χ4v) is 3.90. The molecule has 1 amide bonds. The zero-order valence-corrected chi connectivity index (χ0v) is 13.9. The van der Waals surface area contributed by atoms with Gasteiger partial charge in [0.2, 0.25) is 0 Å². The standard InChI is InChI=1S/C18H19N3O4/c1-11-2-5-21-14(8-11)19-10-12(16(21)23)15(22)20-6-3-18(4-7-20)9-13(18)17(24)25/h2,5,8,10,13H,3-4,6-7,9H2,1H3,(H,24,25). The van der Waals surface area contributed by atoms with Crippen LogP contribution in [-0.4, -0.2) is 44.4 Å². The third-order valence-electron chi connectivity index (χ3n) is 5.63. The summed E-state index contributed by atoms with van der Waals surface area (Å²) in [4.78, 5) is 42.3. The van der Waals surface area contributed by atoms with Crippen LogP contribution < -0.4 is 5.56 Å². The van der Waals surface area contributed by atoms with Crippen LogP contribution in [-0.2, 0) is 4.79 Å². The predicted octanol–water partition coefficient (Wildman–Crippen LogP) is 1.33. The number of rotatable bonds is 2. The third-order valence-corrected chi connectivity index (χ3v) is 5.63. The van der Waals surface area contributed by atoms with E-state index >= 15 is 0 Å². The number of carboxylic acid groups (broad SMARTS) is 1. The zero-order valence-electron chi connectivity index (χ0n) is 13.9. The van der Waals surface area contributed by atoms with Crippen molar-refractivity contribution in [3.05, 3.63) is 46.0 Å². The van der Waals surface area contributed by atoms with Gasteiger partial charge in [0.15, 0.2) is 0 Å². The molecule has 1 saturated carbocycles. The molecule has 7 nitrogen and oxygen atoms in total. The molecule has 1 saturated heterocycles. The molecule has 7 heteroatoms. The van der Waals surface area contributed by atoms with Crippen LogP contribution >= 0.6 is 0 Å². The molecule has 2 aliphatic rings. The van der Waals surface area contributed by atoms with E-state index in [-0.39, 0.29) is 28.4 Å². The van der Waals surface area contributed by atoms with Crippen molar-refractivity contribution in [1.82, 2.24) is 14.3 Å². The van der Waals surface area contributed by atoms with E-state index in [2.05, 4.69) is 4.98 Å². The maximum Gasteiger partial charge on any atom is 0.307 e. The number of likely N-dealkylation sites (tertiary alicyclic amines) is 1. The lowest BCUT2D eigenvalue weighted by Gasteiger charge is -2.32. The Bertz CT molecular complexity index is 941. The monoisotopic (exact) mass is 341 g/mol. The van der Waals surface area contributed by atoms with E-state index in [1.807, 2.05) is 6.92 Å². The molecule has 1 spiro atoms. The van der Waals surface area contributed by atoms with E-state index in [9.17, 15) is 14.4 Å². The van der Waals surface area contributed by atoms with Crippen molar-refractivity contribution < 1.29 is 14.7 Å². The number of aliphatic carboxylic acids is 1. The molecule has 2 aromatic rings. The Morgan fingerprint density at radius 2 is 2.04 bits per heavy atom. The summed E-state index contributed by atoms with van der Waals surface area (Å²) in [5.41, 5.74) is 1.05. The molecular formula is C18H19N3O4. The minimum absolute atomic E-state index is 0.0582. The minimum atomic E-state index is -0.743. The summed E-state index contributed by atoms with van der Waals surface area (Å²) in [5.74, 6) is -1.34. The molecule has 3 heterocycles. The van der Waals surface area contributed by atoms with E-state index in [0.717, 1.165) is 5.56 Å².